The number of nitrogens with two attached hydrogens (primary N) is 2. The van der Waals surface area contributed by atoms with Crippen LogP contribution in [-0.4, -0.2) is 209 Å². The Hall–Kier alpha value is -11.7. The number of nitrogens with one attached hydrogen (secondary N) is 10. The third-order valence-corrected chi connectivity index (χ3v) is 21.9. The van der Waals surface area contributed by atoms with Gasteiger partial charge >= 0.3 is 0 Å². The number of hydroxylamine groups is 1. The predicted molar refractivity (Wildman–Crippen MR) is 431 cm³/mol. The largest absolute Gasteiger partial charge is 0.508 e. The summed E-state index contributed by atoms with van der Waals surface area (Å²) >= 11 is 20.3. The zero-order valence-corrected chi connectivity index (χ0v) is 68.5. The molecule has 7 aliphatic heterocycles. The fourth-order valence-corrected chi connectivity index (χ4v) is 15.3. The van der Waals surface area contributed by atoms with Crippen molar-refractivity contribution in [3.63, 3.8) is 0 Å². The third-order valence-electron chi connectivity index (χ3n) is 21.1. The number of aromatic hydroxyl groups is 3. The van der Waals surface area contributed by atoms with Crippen molar-refractivity contribution in [1.82, 2.24) is 53.0 Å². The van der Waals surface area contributed by atoms with Gasteiger partial charge in [-0.3, -0.25) is 57.8 Å². The maximum Gasteiger partial charge on any atom is 0.270 e. The molecule has 6 aromatic carbocycles. The lowest BCUT2D eigenvalue weighted by Crippen LogP contribution is -2.65. The molecule has 124 heavy (non-hydrogen) atoms. The topological polar surface area (TPSA) is 603 Å². The highest BCUT2D eigenvalue weighted by Gasteiger charge is 2.52. The zero-order valence-electron chi connectivity index (χ0n) is 66.2. The van der Waals surface area contributed by atoms with E-state index >= 15 is 24.0 Å². The van der Waals surface area contributed by atoms with Crippen molar-refractivity contribution in [2.45, 2.75) is 163 Å². The Labute approximate surface area is 718 Å². The minimum Gasteiger partial charge on any atom is -0.508 e. The number of halogens is 4. The molecule has 0 aliphatic carbocycles. The molecule has 2 saturated heterocycles. The summed E-state index contributed by atoms with van der Waals surface area (Å²) in [6, 6.07) is 3.77. The third kappa shape index (κ3) is 20.5. The summed E-state index contributed by atoms with van der Waals surface area (Å²) < 4.78 is 53.4. The second-order valence-electron chi connectivity index (χ2n) is 30.5. The molecule has 39 nitrogen and oxygen atoms in total. The molecule has 0 radical (unpaired) electrons. The maximum atomic E-state index is 16.3. The number of aliphatic hydroxyl groups is 6. The van der Waals surface area contributed by atoms with Gasteiger partial charge in [0.15, 0.2) is 30.5 Å². The first-order chi connectivity index (χ1) is 58.8. The molecular formula is C81H87Cl3FN13O26. The number of phenolic OH excluding ortho intramolecular Hbond substituents is 3. The van der Waals surface area contributed by atoms with Gasteiger partial charge in [0.05, 0.1) is 58.2 Å². The summed E-state index contributed by atoms with van der Waals surface area (Å²) in [6.45, 7) is 4.67. The van der Waals surface area contributed by atoms with Gasteiger partial charge in [0.25, 0.3) is 11.8 Å². The molecule has 10 amide bonds. The lowest BCUT2D eigenvalue weighted by Gasteiger charge is -2.48. The van der Waals surface area contributed by atoms with Gasteiger partial charge in [0.2, 0.25) is 59.3 Å². The first-order valence-electron chi connectivity index (χ1n) is 38.4. The summed E-state index contributed by atoms with van der Waals surface area (Å²) in [7, 11) is 1.46. The van der Waals surface area contributed by atoms with E-state index in [1.165, 1.54) is 44.6 Å². The van der Waals surface area contributed by atoms with E-state index in [9.17, 15) is 74.3 Å². The molecule has 8 heterocycles. The van der Waals surface area contributed by atoms with Crippen LogP contribution < -0.4 is 79.0 Å². The monoisotopic (exact) mass is 1780 g/mol. The number of pyridine rings is 1. The van der Waals surface area contributed by atoms with Gasteiger partial charge in [-0.2, -0.15) is 0 Å². The van der Waals surface area contributed by atoms with Crippen molar-refractivity contribution in [3.8, 4) is 57.1 Å². The van der Waals surface area contributed by atoms with Crippen LogP contribution in [0.5, 0.6) is 46.0 Å². The number of carbonyl (C=O) groups is 10. The van der Waals surface area contributed by atoms with Crippen LogP contribution in [-0.2, 0) is 68.7 Å². The van der Waals surface area contributed by atoms with Crippen LogP contribution in [0.15, 0.2) is 116 Å². The summed E-state index contributed by atoms with van der Waals surface area (Å²) in [6.07, 6.45) is -16.9. The number of likely N-dealkylation sites (N-methyl/N-ethyl adjacent to an activating group) is 1. The Balaban J connectivity index is 1.03. The SMILES string of the molecule is CNC(CC(C)C)C(=O)NC1C(=O)NC(CC(N)=O)C(=O)NC2C(=O)NC3C(=O)NC(C(=O)NC(C(=O)NOCC(N)=O)c4cc(O)cc(O)c4-c4cc3ccc4O)C(O)c3ccc(c(Cl)c3)Oc3cc2cc(c3OC2OC(CO)C(O)C(O)C2OC2CC(C)(NCc3cncc(NC(=O)c4ccc(F)c(Cl)c4)c3)C(O)C(C)O2)Oc2ccc(cc2Cl)C1O. The van der Waals surface area contributed by atoms with E-state index in [1.54, 1.807) is 26.8 Å². The van der Waals surface area contributed by atoms with Gasteiger partial charge in [0, 0.05) is 47.5 Å². The number of aliphatic hydroxyl groups excluding tert-OH is 6. The number of benzene rings is 6. The lowest BCUT2D eigenvalue weighted by molar-refractivity contribution is -0.334. The number of fused-ring (bicyclic) bond motifs is 15. The van der Waals surface area contributed by atoms with Crippen LogP contribution >= 0.6 is 34.8 Å². The normalized spacial score (nSPS) is 26.0. The fraction of sp³-hybridized carbons (Fsp3) is 0.370. The maximum absolute atomic E-state index is 16.3. The Morgan fingerprint density at radius 3 is 1.98 bits per heavy atom. The number of nitrogens with zero attached hydrogens (tertiary/aromatic N) is 1. The van der Waals surface area contributed by atoms with Crippen molar-refractivity contribution >= 4 is 99.6 Å². The minimum absolute atomic E-state index is 0.0363. The van der Waals surface area contributed by atoms with Gasteiger partial charge in [0.1, 0.15) is 101 Å². The number of primary amides is 2. The summed E-state index contributed by atoms with van der Waals surface area (Å²) in [5, 5.41) is 129. The highest BCUT2D eigenvalue weighted by Crippen LogP contribution is 2.50. The second-order valence-corrected chi connectivity index (χ2v) is 31.7. The van der Waals surface area contributed by atoms with Crippen molar-refractivity contribution < 1.29 is 132 Å². The van der Waals surface area contributed by atoms with Gasteiger partial charge in [-0.15, -0.1) is 0 Å². The summed E-state index contributed by atoms with van der Waals surface area (Å²) in [4.78, 5) is 154. The highest BCUT2D eigenvalue weighted by molar-refractivity contribution is 6.32. The standard InChI is InChI=1S/C81H87Cl3FN13O26/c1-31(2)14-47(88-5)73(111)96-63-65(105)35-8-12-51(44(83)17-35)120-53-20-38-21-54(69(53)124-80-70(68(108)67(107)55(29-99)122-80)123-58-25-81(4,71(109)32(3)119-58)90-27-33-15-39(28-89-26-33)91-72(110)37-6-10-46(85)43(82)19-37)121-52-13-9-36(18-45(52)84)66(106)64-78(116)95-62(79(117)98-118-30-57(87)104)42-22-40(100)23-50(102)59(42)41-16-34(7-11-49(41)101)60(75(113)97-64)94-76(114)61(38)93-74(112)48(24-56(86)103)92-77(63)115/h6-13,15-23,26,28,31-32,47-48,55,58,60-68,70-71,80,88,90,99-102,105-109H,14,24-25,27,29-30H2,1-5H3,(H2,86,103)(H2,87,104)(H,91,110)(H,92,115)(H,93,112)(H,94,114)(H,95,116)(H,96,111)(H,97,113)(H,98,117). The fourth-order valence-electron chi connectivity index (χ4n) is 14.7. The number of rotatable bonds is 21. The van der Waals surface area contributed by atoms with Gasteiger partial charge in [-0.05, 0) is 145 Å². The quantitative estimate of drug-likeness (QED) is 0.0456. The molecule has 0 saturated carbocycles. The van der Waals surface area contributed by atoms with Gasteiger partial charge in [-0.25, -0.2) is 9.87 Å². The Morgan fingerprint density at radius 1 is 0.694 bits per heavy atom. The van der Waals surface area contributed by atoms with E-state index in [0.29, 0.717) is 5.56 Å². The number of anilines is 1. The minimum atomic E-state index is -2.42. The van der Waals surface area contributed by atoms with Crippen LogP contribution in [0.1, 0.15) is 121 Å². The first-order valence-corrected chi connectivity index (χ1v) is 39.5. The van der Waals surface area contributed by atoms with Crippen molar-refractivity contribution in [2.24, 2.45) is 17.4 Å². The smallest absolute Gasteiger partial charge is 0.270 e. The van der Waals surface area contributed by atoms with E-state index in [1.807, 2.05) is 5.48 Å². The number of aromatic nitrogens is 1. The molecular weight excluding hydrogens is 1700 g/mol. The molecule has 23 N–H and O–H groups in total. The molecule has 7 aliphatic rings. The van der Waals surface area contributed by atoms with Crippen LogP contribution in [0, 0.1) is 11.7 Å². The zero-order chi connectivity index (χ0) is 89.8. The average Bonchev–Trinajstić information content (AvgIpc) is 0.765. The Morgan fingerprint density at radius 2 is 1.35 bits per heavy atom. The second kappa shape index (κ2) is 38.6. The predicted octanol–water partition coefficient (Wildman–Crippen LogP) is 1.83. The Kier molecular flexibility index (Phi) is 28.5. The molecule has 1 aromatic heterocycles. The van der Waals surface area contributed by atoms with Crippen molar-refractivity contribution in [2.75, 3.05) is 25.6 Å². The number of carbonyl (C=O) groups excluding carboxylic acids is 10. The van der Waals surface area contributed by atoms with Crippen LogP contribution in [0.4, 0.5) is 10.1 Å². The number of ether oxygens (including phenoxy) is 6. The van der Waals surface area contributed by atoms with E-state index in [0.717, 1.165) is 78.9 Å². The van der Waals surface area contributed by atoms with E-state index < -0.39 is 278 Å². The summed E-state index contributed by atoms with van der Waals surface area (Å²) in [5.74, 6) is -18.7. The molecule has 7 aromatic rings. The summed E-state index contributed by atoms with van der Waals surface area (Å²) in [5.41, 5.74) is 9.22. The molecule has 2 fully saturated rings. The molecule has 18 atom stereocenters. The molecule has 14 rings (SSSR count). The molecule has 18 unspecified atom stereocenters. The van der Waals surface area contributed by atoms with Crippen LogP contribution in [0.25, 0.3) is 11.1 Å². The highest BCUT2D eigenvalue weighted by atomic mass is 35.5. The number of hydrogen-bond donors (Lipinski definition) is 21. The first kappa shape index (κ1) is 91.5. The van der Waals surface area contributed by atoms with Crippen LogP contribution in [0.2, 0.25) is 15.1 Å². The number of hydrogen-bond acceptors (Lipinski definition) is 29. The molecule has 0 spiro atoms. The molecule has 43 heteroatoms. The van der Waals surface area contributed by atoms with Crippen molar-refractivity contribution in [3.05, 3.63) is 175 Å². The lowest BCUT2D eigenvalue weighted by atomic mass is 9.84. The Bertz CT molecular complexity index is 5320. The molecule has 11 bridgehead atoms. The number of amides is 10. The van der Waals surface area contributed by atoms with Crippen LogP contribution in [0.3, 0.4) is 0 Å². The van der Waals surface area contributed by atoms with Gasteiger partial charge < -0.3 is 134 Å². The van der Waals surface area contributed by atoms with E-state index in [2.05, 4.69) is 52.8 Å². The van der Waals surface area contributed by atoms with Crippen molar-refractivity contribution in [1.29, 1.82) is 0 Å². The average molecular weight is 1780 g/mol. The number of phenols is 3. The van der Waals surface area contributed by atoms with E-state index in [4.69, 9.17) is 79.5 Å². The van der Waals surface area contributed by atoms with Gasteiger partial charge in [-0.1, -0.05) is 66.8 Å². The van der Waals surface area contributed by atoms with E-state index in [-0.39, 0.29) is 52.7 Å². The molecule has 660 valence electrons.